The maximum Gasteiger partial charge on any atom is 0.284 e. The van der Waals surface area contributed by atoms with Gasteiger partial charge in [-0.05, 0) is 29.8 Å². The lowest BCUT2D eigenvalue weighted by molar-refractivity contribution is 0.0767. The molecule has 0 aliphatic carbocycles. The first kappa shape index (κ1) is 9.72. The second kappa shape index (κ2) is 3.52. The number of carbonyl (C=O) groups excluding carboxylic acids is 1. The summed E-state index contributed by atoms with van der Waals surface area (Å²) in [5.74, 6) is 0.355. The van der Waals surface area contributed by atoms with Gasteiger partial charge >= 0.3 is 0 Å². The molecule has 1 amide bonds. The van der Waals surface area contributed by atoms with Gasteiger partial charge in [0.05, 0.1) is 5.56 Å². The first-order chi connectivity index (χ1) is 8.25. The average molecular weight is 227 g/mol. The second-order valence-corrected chi connectivity index (χ2v) is 3.76. The van der Waals surface area contributed by atoms with Crippen LogP contribution in [0.1, 0.15) is 10.4 Å². The van der Waals surface area contributed by atoms with Gasteiger partial charge in [0.25, 0.3) is 5.91 Å². The first-order valence-electron chi connectivity index (χ1n) is 5.15. The number of phenols is 1. The molecule has 84 valence electrons. The highest BCUT2D eigenvalue weighted by Crippen LogP contribution is 2.36. The molecular weight excluding hydrogens is 218 g/mol. The molecule has 1 aliphatic rings. The van der Waals surface area contributed by atoms with Crippen LogP contribution < -0.4 is 10.3 Å². The number of phenolic OH excluding ortho intramolecular Hbond substituents is 1. The van der Waals surface area contributed by atoms with Gasteiger partial charge in [0.2, 0.25) is 0 Å². The Morgan fingerprint density at radius 3 is 2.59 bits per heavy atom. The van der Waals surface area contributed by atoms with E-state index >= 15 is 0 Å². The van der Waals surface area contributed by atoms with Crippen LogP contribution in [0, 0.1) is 0 Å². The molecule has 1 aliphatic heterocycles. The molecule has 0 aromatic heterocycles. The van der Waals surface area contributed by atoms with Gasteiger partial charge in [0.15, 0.2) is 5.75 Å². The van der Waals surface area contributed by atoms with Gasteiger partial charge in [0, 0.05) is 5.56 Å². The lowest BCUT2D eigenvalue weighted by atomic mass is 9.99. The number of rotatable bonds is 0. The van der Waals surface area contributed by atoms with E-state index in [2.05, 4.69) is 5.48 Å². The molecule has 0 fully saturated rings. The molecule has 0 saturated carbocycles. The Kier molecular flexibility index (Phi) is 2.01. The Morgan fingerprint density at radius 2 is 1.76 bits per heavy atom. The lowest BCUT2D eigenvalue weighted by Gasteiger charge is -2.06. The van der Waals surface area contributed by atoms with Crippen molar-refractivity contribution in [3.63, 3.8) is 0 Å². The Morgan fingerprint density at radius 1 is 1.00 bits per heavy atom. The molecule has 0 saturated heterocycles. The summed E-state index contributed by atoms with van der Waals surface area (Å²) in [5, 5.41) is 9.51. The maximum atomic E-state index is 11.8. The minimum atomic E-state index is -0.295. The summed E-state index contributed by atoms with van der Waals surface area (Å²) in [6.45, 7) is 0. The molecule has 3 rings (SSSR count). The van der Waals surface area contributed by atoms with Crippen LogP contribution in [0.5, 0.6) is 11.5 Å². The average Bonchev–Trinajstić information content (AvgIpc) is 2.49. The first-order valence-corrected chi connectivity index (χ1v) is 5.15. The number of benzene rings is 2. The molecule has 2 aromatic carbocycles. The zero-order valence-corrected chi connectivity index (χ0v) is 8.81. The number of amides is 1. The van der Waals surface area contributed by atoms with Crippen LogP contribution in [0.3, 0.4) is 0 Å². The third-order valence-electron chi connectivity index (χ3n) is 2.68. The van der Waals surface area contributed by atoms with Gasteiger partial charge < -0.3 is 9.94 Å². The fourth-order valence-electron chi connectivity index (χ4n) is 1.89. The van der Waals surface area contributed by atoms with E-state index in [-0.39, 0.29) is 11.7 Å². The summed E-state index contributed by atoms with van der Waals surface area (Å²) in [6, 6.07) is 11.9. The van der Waals surface area contributed by atoms with Crippen molar-refractivity contribution in [2.75, 3.05) is 0 Å². The summed E-state index contributed by atoms with van der Waals surface area (Å²) < 4.78 is 0. The molecule has 0 atom stereocenters. The fourth-order valence-corrected chi connectivity index (χ4v) is 1.89. The zero-order valence-electron chi connectivity index (χ0n) is 8.81. The van der Waals surface area contributed by atoms with E-state index in [1.54, 1.807) is 24.3 Å². The van der Waals surface area contributed by atoms with E-state index < -0.39 is 0 Å². The molecule has 17 heavy (non-hydrogen) atoms. The van der Waals surface area contributed by atoms with Crippen molar-refractivity contribution >= 4 is 5.91 Å². The number of hydrogen-bond donors (Lipinski definition) is 2. The summed E-state index contributed by atoms with van der Waals surface area (Å²) in [6.07, 6.45) is 0. The molecule has 4 nitrogen and oxygen atoms in total. The molecule has 2 N–H and O–H groups in total. The van der Waals surface area contributed by atoms with Gasteiger partial charge in [0.1, 0.15) is 5.75 Å². The van der Waals surface area contributed by atoms with Crippen LogP contribution in [0.4, 0.5) is 0 Å². The second-order valence-electron chi connectivity index (χ2n) is 3.76. The number of carbonyl (C=O) groups is 1. The largest absolute Gasteiger partial charge is 0.508 e. The van der Waals surface area contributed by atoms with Gasteiger partial charge in [-0.25, -0.2) is 0 Å². The minimum absolute atomic E-state index is 0.136. The molecule has 0 unspecified atom stereocenters. The topological polar surface area (TPSA) is 58.6 Å². The van der Waals surface area contributed by atoms with E-state index in [4.69, 9.17) is 4.84 Å². The summed E-state index contributed by atoms with van der Waals surface area (Å²) >= 11 is 0. The van der Waals surface area contributed by atoms with E-state index in [1.807, 2.05) is 12.1 Å². The van der Waals surface area contributed by atoms with E-state index in [1.165, 1.54) is 6.07 Å². The van der Waals surface area contributed by atoms with Crippen molar-refractivity contribution in [3.8, 4) is 22.6 Å². The van der Waals surface area contributed by atoms with Crippen molar-refractivity contribution in [2.24, 2.45) is 0 Å². The summed E-state index contributed by atoms with van der Waals surface area (Å²) in [7, 11) is 0. The van der Waals surface area contributed by atoms with Crippen molar-refractivity contribution in [2.45, 2.75) is 0 Å². The maximum absolute atomic E-state index is 11.8. The Balaban J connectivity index is 2.32. The molecular formula is C13H9NO3. The predicted octanol–water partition coefficient (Wildman–Crippen LogP) is 2.10. The van der Waals surface area contributed by atoms with Crippen LogP contribution in [-0.2, 0) is 0 Å². The quantitative estimate of drug-likeness (QED) is 0.724. The smallest absolute Gasteiger partial charge is 0.284 e. The highest BCUT2D eigenvalue weighted by atomic mass is 16.7. The molecule has 0 spiro atoms. The molecule has 4 heteroatoms. The zero-order chi connectivity index (χ0) is 11.8. The van der Waals surface area contributed by atoms with Crippen molar-refractivity contribution < 1.29 is 14.7 Å². The van der Waals surface area contributed by atoms with Crippen LogP contribution in [0.15, 0.2) is 42.5 Å². The lowest BCUT2D eigenvalue weighted by Crippen LogP contribution is -2.25. The summed E-state index contributed by atoms with van der Waals surface area (Å²) in [4.78, 5) is 16.9. The number of fused-ring (bicyclic) bond motifs is 3. The van der Waals surface area contributed by atoms with Crippen LogP contribution in [0.25, 0.3) is 11.1 Å². The SMILES string of the molecule is O=C1NOc2ccc(O)cc2-c2ccccc21. The van der Waals surface area contributed by atoms with Crippen molar-refractivity contribution in [1.82, 2.24) is 5.48 Å². The Bertz CT molecular complexity index is 607. The van der Waals surface area contributed by atoms with Crippen LogP contribution >= 0.6 is 0 Å². The summed E-state index contributed by atoms with van der Waals surface area (Å²) in [5.41, 5.74) is 4.32. The van der Waals surface area contributed by atoms with E-state index in [0.29, 0.717) is 16.9 Å². The molecule has 0 bridgehead atoms. The standard InChI is InChI=1S/C13H9NO3/c15-8-5-6-12-11(7-8)9-3-1-2-4-10(9)13(16)14-17-12/h1-7,15H,(H,14,16). The van der Waals surface area contributed by atoms with Gasteiger partial charge in [-0.2, -0.15) is 5.48 Å². The van der Waals surface area contributed by atoms with Crippen LogP contribution in [-0.4, -0.2) is 11.0 Å². The number of hydrogen-bond acceptors (Lipinski definition) is 3. The van der Waals surface area contributed by atoms with Gasteiger partial charge in [-0.1, -0.05) is 18.2 Å². The Labute approximate surface area is 97.4 Å². The van der Waals surface area contributed by atoms with Crippen molar-refractivity contribution in [1.29, 1.82) is 0 Å². The van der Waals surface area contributed by atoms with Crippen molar-refractivity contribution in [3.05, 3.63) is 48.0 Å². The normalized spacial score (nSPS) is 12.8. The third kappa shape index (κ3) is 1.50. The highest BCUT2D eigenvalue weighted by Gasteiger charge is 2.20. The van der Waals surface area contributed by atoms with Gasteiger partial charge in [-0.3, -0.25) is 4.79 Å². The fraction of sp³-hybridized carbons (Fsp3) is 0. The third-order valence-corrected chi connectivity index (χ3v) is 2.68. The molecule has 2 aromatic rings. The number of nitrogens with one attached hydrogen (secondary N) is 1. The number of aromatic hydroxyl groups is 1. The van der Waals surface area contributed by atoms with Gasteiger partial charge in [-0.15, -0.1) is 0 Å². The number of hydroxylamine groups is 1. The molecule has 0 radical (unpaired) electrons. The molecule has 1 heterocycles. The van der Waals surface area contributed by atoms with E-state index in [9.17, 15) is 9.90 Å². The van der Waals surface area contributed by atoms with E-state index in [0.717, 1.165) is 5.56 Å². The highest BCUT2D eigenvalue weighted by molar-refractivity contribution is 6.02. The monoisotopic (exact) mass is 227 g/mol. The minimum Gasteiger partial charge on any atom is -0.508 e. The Hall–Kier alpha value is -2.49. The predicted molar refractivity (Wildman–Crippen MR) is 61.6 cm³/mol. The van der Waals surface area contributed by atoms with Crippen LogP contribution in [0.2, 0.25) is 0 Å².